The molecule has 1 aliphatic heterocycles. The summed E-state index contributed by atoms with van der Waals surface area (Å²) in [5.74, 6) is 0.546. The van der Waals surface area contributed by atoms with Crippen LogP contribution >= 0.6 is 0 Å². The predicted octanol–water partition coefficient (Wildman–Crippen LogP) is 2.42. The van der Waals surface area contributed by atoms with Crippen molar-refractivity contribution in [3.63, 3.8) is 0 Å². The second kappa shape index (κ2) is 9.66. The zero-order chi connectivity index (χ0) is 20.0. The molecule has 1 saturated heterocycles. The molecule has 0 aromatic heterocycles. The molecule has 152 valence electrons. The number of hydrogen-bond acceptors (Lipinski definition) is 4. The average Bonchev–Trinajstić information content (AvgIpc) is 2.64. The molecule has 1 fully saturated rings. The van der Waals surface area contributed by atoms with Gasteiger partial charge in [0.15, 0.2) is 0 Å². The van der Waals surface area contributed by atoms with E-state index in [1.807, 2.05) is 0 Å². The van der Waals surface area contributed by atoms with Crippen LogP contribution in [0.1, 0.15) is 44.5 Å². The van der Waals surface area contributed by atoms with Gasteiger partial charge in [0, 0.05) is 31.7 Å². The van der Waals surface area contributed by atoms with Crippen molar-refractivity contribution >= 4 is 15.9 Å². The quantitative estimate of drug-likeness (QED) is 0.734. The zero-order valence-electron chi connectivity index (χ0n) is 16.9. The molecule has 1 heterocycles. The van der Waals surface area contributed by atoms with E-state index in [9.17, 15) is 13.2 Å². The number of nitrogens with zero attached hydrogens (tertiary/aromatic N) is 2. The number of benzene rings is 1. The van der Waals surface area contributed by atoms with Gasteiger partial charge in [0.05, 0.1) is 4.90 Å². The molecule has 1 amide bonds. The molecule has 1 aliphatic rings. The highest BCUT2D eigenvalue weighted by Crippen LogP contribution is 2.26. The van der Waals surface area contributed by atoms with E-state index in [4.69, 9.17) is 0 Å². The number of sulfonamides is 1. The molecule has 0 bridgehead atoms. The number of rotatable bonds is 8. The Kier molecular flexibility index (Phi) is 7.82. The molecule has 0 aliphatic carbocycles. The van der Waals surface area contributed by atoms with Crippen LogP contribution in [0, 0.1) is 11.8 Å². The number of carbonyl (C=O) groups excluding carboxylic acids is 1. The highest BCUT2D eigenvalue weighted by molar-refractivity contribution is 7.89. The smallest absolute Gasteiger partial charge is 0.251 e. The van der Waals surface area contributed by atoms with Crippen molar-refractivity contribution in [2.45, 2.75) is 39.0 Å². The summed E-state index contributed by atoms with van der Waals surface area (Å²) in [6, 6.07) is 6.27. The molecule has 0 unspecified atom stereocenters. The van der Waals surface area contributed by atoms with E-state index in [1.165, 1.54) is 0 Å². The Morgan fingerprint density at radius 1 is 1.11 bits per heavy atom. The lowest BCUT2D eigenvalue weighted by molar-refractivity contribution is 0.0949. The van der Waals surface area contributed by atoms with Crippen LogP contribution in [0.4, 0.5) is 0 Å². The van der Waals surface area contributed by atoms with Crippen LogP contribution in [-0.2, 0) is 10.0 Å². The second-order valence-electron chi connectivity index (χ2n) is 7.58. The van der Waals surface area contributed by atoms with E-state index in [2.05, 4.69) is 37.9 Å². The predicted molar refractivity (Wildman–Crippen MR) is 108 cm³/mol. The lowest BCUT2D eigenvalue weighted by Gasteiger charge is -2.34. The maximum atomic E-state index is 12.9. The fourth-order valence-corrected chi connectivity index (χ4v) is 5.38. The van der Waals surface area contributed by atoms with Crippen LogP contribution in [-0.4, -0.2) is 62.8 Å². The lowest BCUT2D eigenvalue weighted by atomic mass is 9.94. The average molecular weight is 396 g/mol. The van der Waals surface area contributed by atoms with E-state index in [1.54, 1.807) is 28.6 Å². The first-order valence-corrected chi connectivity index (χ1v) is 11.3. The molecular weight excluding hydrogens is 362 g/mol. The SMILES string of the molecule is CCN(CC)CCNC(=O)c1ccc(S(=O)(=O)N2C[C@@H](C)C[C@H](C)C2)cc1. The summed E-state index contributed by atoms with van der Waals surface area (Å²) in [5.41, 5.74) is 0.480. The van der Waals surface area contributed by atoms with Gasteiger partial charge in [-0.2, -0.15) is 4.31 Å². The summed E-state index contributed by atoms with van der Waals surface area (Å²) in [6.07, 6.45) is 1.05. The highest BCUT2D eigenvalue weighted by atomic mass is 32.2. The summed E-state index contributed by atoms with van der Waals surface area (Å²) in [6.45, 7) is 12.7. The van der Waals surface area contributed by atoms with Crippen LogP contribution in [0.3, 0.4) is 0 Å². The van der Waals surface area contributed by atoms with Crippen molar-refractivity contribution in [2.75, 3.05) is 39.3 Å². The Morgan fingerprint density at radius 3 is 2.19 bits per heavy atom. The molecule has 1 aromatic carbocycles. The van der Waals surface area contributed by atoms with E-state index >= 15 is 0 Å². The minimum atomic E-state index is -3.51. The van der Waals surface area contributed by atoms with Gasteiger partial charge < -0.3 is 10.2 Å². The normalized spacial score (nSPS) is 21.4. The van der Waals surface area contributed by atoms with E-state index in [0.717, 1.165) is 26.1 Å². The highest BCUT2D eigenvalue weighted by Gasteiger charge is 2.31. The van der Waals surface area contributed by atoms with Crippen molar-refractivity contribution in [1.29, 1.82) is 0 Å². The van der Waals surface area contributed by atoms with Crippen LogP contribution in [0.2, 0.25) is 0 Å². The van der Waals surface area contributed by atoms with Crippen molar-refractivity contribution in [2.24, 2.45) is 11.8 Å². The van der Waals surface area contributed by atoms with E-state index < -0.39 is 10.0 Å². The summed E-state index contributed by atoms with van der Waals surface area (Å²) >= 11 is 0. The third-order valence-corrected chi connectivity index (χ3v) is 7.04. The van der Waals surface area contributed by atoms with Crippen molar-refractivity contribution in [3.8, 4) is 0 Å². The summed E-state index contributed by atoms with van der Waals surface area (Å²) in [5, 5.41) is 2.89. The summed E-state index contributed by atoms with van der Waals surface area (Å²) in [7, 11) is -3.51. The summed E-state index contributed by atoms with van der Waals surface area (Å²) in [4.78, 5) is 14.7. The fourth-order valence-electron chi connectivity index (χ4n) is 3.70. The monoisotopic (exact) mass is 395 g/mol. The van der Waals surface area contributed by atoms with Gasteiger partial charge in [0.2, 0.25) is 10.0 Å². The second-order valence-corrected chi connectivity index (χ2v) is 9.51. The van der Waals surface area contributed by atoms with Gasteiger partial charge in [0.1, 0.15) is 0 Å². The number of carbonyl (C=O) groups is 1. The van der Waals surface area contributed by atoms with Crippen molar-refractivity contribution in [3.05, 3.63) is 29.8 Å². The number of amides is 1. The van der Waals surface area contributed by atoms with Gasteiger partial charge >= 0.3 is 0 Å². The molecule has 1 aromatic rings. The molecule has 2 atom stereocenters. The fraction of sp³-hybridized carbons (Fsp3) is 0.650. The van der Waals surface area contributed by atoms with Crippen LogP contribution in [0.25, 0.3) is 0 Å². The van der Waals surface area contributed by atoms with Crippen LogP contribution < -0.4 is 5.32 Å². The minimum absolute atomic E-state index is 0.175. The number of likely N-dealkylation sites (N-methyl/N-ethyl adjacent to an activating group) is 1. The number of hydrogen-bond donors (Lipinski definition) is 1. The van der Waals surface area contributed by atoms with Crippen LogP contribution in [0.15, 0.2) is 29.2 Å². The van der Waals surface area contributed by atoms with E-state index in [-0.39, 0.29) is 10.8 Å². The van der Waals surface area contributed by atoms with Gasteiger partial charge in [-0.3, -0.25) is 4.79 Å². The summed E-state index contributed by atoms with van der Waals surface area (Å²) < 4.78 is 27.4. The molecule has 0 radical (unpaired) electrons. The first kappa shape index (κ1) is 21.9. The molecule has 0 spiro atoms. The maximum Gasteiger partial charge on any atom is 0.251 e. The molecule has 0 saturated carbocycles. The first-order chi connectivity index (χ1) is 12.8. The van der Waals surface area contributed by atoms with Gasteiger partial charge in [-0.05, 0) is 55.6 Å². The molecule has 27 heavy (non-hydrogen) atoms. The van der Waals surface area contributed by atoms with E-state index in [0.29, 0.717) is 37.0 Å². The Hall–Kier alpha value is -1.44. The number of piperidine rings is 1. The Balaban J connectivity index is 2.00. The molecule has 1 N–H and O–H groups in total. The van der Waals surface area contributed by atoms with Gasteiger partial charge in [-0.25, -0.2) is 8.42 Å². The Labute approximate surface area is 164 Å². The standard InChI is InChI=1S/C20H33N3O3S/c1-5-22(6-2)12-11-21-20(24)18-7-9-19(10-8-18)27(25,26)23-14-16(3)13-17(4)15-23/h7-10,16-17H,5-6,11-15H2,1-4H3,(H,21,24)/t16-,17-/m0/s1. The first-order valence-electron chi connectivity index (χ1n) is 9.88. The third kappa shape index (κ3) is 5.77. The Morgan fingerprint density at radius 2 is 1.67 bits per heavy atom. The van der Waals surface area contributed by atoms with Gasteiger partial charge in [-0.1, -0.05) is 27.7 Å². The van der Waals surface area contributed by atoms with Crippen molar-refractivity contribution in [1.82, 2.24) is 14.5 Å². The largest absolute Gasteiger partial charge is 0.351 e. The molecule has 7 heteroatoms. The Bertz CT molecular complexity index is 704. The number of nitrogens with one attached hydrogen (secondary N) is 1. The lowest BCUT2D eigenvalue weighted by Crippen LogP contribution is -2.42. The van der Waals surface area contributed by atoms with Gasteiger partial charge in [-0.15, -0.1) is 0 Å². The molecular formula is C20H33N3O3S. The third-order valence-electron chi connectivity index (χ3n) is 5.20. The molecule has 2 rings (SSSR count). The molecule has 6 nitrogen and oxygen atoms in total. The van der Waals surface area contributed by atoms with Crippen LogP contribution in [0.5, 0.6) is 0 Å². The topological polar surface area (TPSA) is 69.7 Å². The van der Waals surface area contributed by atoms with Crippen molar-refractivity contribution < 1.29 is 13.2 Å². The maximum absolute atomic E-state index is 12.9. The zero-order valence-corrected chi connectivity index (χ0v) is 17.8. The minimum Gasteiger partial charge on any atom is -0.351 e. The van der Waals surface area contributed by atoms with Gasteiger partial charge in [0.25, 0.3) is 5.91 Å².